The smallest absolute Gasteiger partial charge is 0.393 e. The van der Waals surface area contributed by atoms with Gasteiger partial charge in [-0.1, -0.05) is 106 Å². The van der Waals surface area contributed by atoms with Crippen molar-refractivity contribution in [3.05, 3.63) is 76.0 Å². The lowest BCUT2D eigenvalue weighted by Gasteiger charge is -2.37. The van der Waals surface area contributed by atoms with Gasteiger partial charge in [0, 0.05) is 25.6 Å². The molecule has 1 aromatic heterocycles. The molecule has 2 amide bonds. The molecule has 0 radical (unpaired) electrons. The number of carbonyl (C=O) groups excluding carboxylic acids is 3. The number of anilines is 1. The summed E-state index contributed by atoms with van der Waals surface area (Å²) < 4.78 is 22.6. The molecule has 3 aromatic rings. The van der Waals surface area contributed by atoms with Gasteiger partial charge in [0.1, 0.15) is 11.8 Å². The highest BCUT2D eigenvalue weighted by Gasteiger charge is 2.39. The van der Waals surface area contributed by atoms with Crippen LogP contribution in [0.15, 0.2) is 54.7 Å². The Morgan fingerprint density at radius 2 is 1.51 bits per heavy atom. The van der Waals surface area contributed by atoms with Crippen molar-refractivity contribution < 1.29 is 33.4 Å². The Kier molecular flexibility index (Phi) is 16.4. The Bertz CT molecular complexity index is 1730. The molecule has 53 heavy (non-hydrogen) atoms. The van der Waals surface area contributed by atoms with Gasteiger partial charge in [0.2, 0.25) is 5.91 Å². The third kappa shape index (κ3) is 12.4. The molecule has 1 saturated heterocycles. The third-order valence-corrected chi connectivity index (χ3v) is 11.9. The predicted molar refractivity (Wildman–Crippen MR) is 206 cm³/mol. The average molecular weight is 792 g/mol. The molecule has 1 unspecified atom stereocenters. The highest BCUT2D eigenvalue weighted by Crippen LogP contribution is 2.48. The number of piperidine rings is 1. The van der Waals surface area contributed by atoms with Gasteiger partial charge >= 0.3 is 13.6 Å². The van der Waals surface area contributed by atoms with Crippen LogP contribution < -0.4 is 20.2 Å². The molecule has 2 aromatic carbocycles. The number of benzene rings is 2. The van der Waals surface area contributed by atoms with Gasteiger partial charge in [-0.3, -0.25) is 19.2 Å². The molecule has 0 bridgehead atoms. The molecule has 2 atom stereocenters. The number of hydrogen-bond donors (Lipinski definition) is 4. The van der Waals surface area contributed by atoms with Crippen LogP contribution in [0.2, 0.25) is 10.0 Å². The fourth-order valence-electron chi connectivity index (χ4n) is 5.98. The lowest BCUT2D eigenvalue weighted by molar-refractivity contribution is -0.138. The quantitative estimate of drug-likeness (QED) is 0.0643. The van der Waals surface area contributed by atoms with Crippen LogP contribution in [0.25, 0.3) is 0 Å². The normalized spacial score (nSPS) is 15.3. The Morgan fingerprint density at radius 3 is 2.11 bits per heavy atom. The number of unbranched alkanes of at least 4 members (excludes halogenated alkanes) is 8. The average Bonchev–Trinajstić information content (AvgIpc) is 3.55. The summed E-state index contributed by atoms with van der Waals surface area (Å²) in [6.45, 7) is 3.98. The van der Waals surface area contributed by atoms with Gasteiger partial charge in [-0.2, -0.15) is 5.10 Å². The zero-order chi connectivity index (χ0) is 38.4. The molecule has 288 valence electrons. The van der Waals surface area contributed by atoms with Crippen molar-refractivity contribution in [2.24, 2.45) is 0 Å². The number of rotatable bonds is 20. The minimum atomic E-state index is -3.87. The second-order valence-corrected chi connectivity index (χ2v) is 16.0. The Balaban J connectivity index is 1.44. The summed E-state index contributed by atoms with van der Waals surface area (Å²) in [5.74, 6) is -2.49. The molecular formula is C37H49Cl2N6O7P. The zero-order valence-corrected chi connectivity index (χ0v) is 32.6. The first-order valence-corrected chi connectivity index (χ1v) is 20.5. The second-order valence-electron chi connectivity index (χ2n) is 13.2. The third-order valence-electron chi connectivity index (χ3n) is 9.00. The molecular weight excluding hydrogens is 742 g/mol. The first-order chi connectivity index (χ1) is 25.4. The number of aromatic nitrogens is 2. The molecule has 2 heterocycles. The number of carboxylic acid groups (broad SMARTS) is 1. The van der Waals surface area contributed by atoms with E-state index in [9.17, 15) is 28.8 Å². The number of nitrogens with one attached hydrogen (secondary N) is 3. The molecule has 16 heteroatoms. The summed E-state index contributed by atoms with van der Waals surface area (Å²) in [4.78, 5) is 51.9. The van der Waals surface area contributed by atoms with Crippen LogP contribution in [0, 0.1) is 0 Å². The van der Waals surface area contributed by atoms with Gasteiger partial charge in [-0.05, 0) is 50.5 Å². The van der Waals surface area contributed by atoms with Crippen LogP contribution in [-0.2, 0) is 9.36 Å². The van der Waals surface area contributed by atoms with E-state index in [1.54, 1.807) is 41.1 Å². The van der Waals surface area contributed by atoms with E-state index in [0.717, 1.165) is 23.9 Å². The van der Waals surface area contributed by atoms with Crippen molar-refractivity contribution in [2.75, 3.05) is 18.4 Å². The number of nitrogens with zero attached hydrogens (tertiary/aromatic N) is 3. The SMILES string of the molecule is CCCCCCCCCCCC(=O)n1cc(NC(=O)c2c(Cl)cccc2Cl)c(C(=O)NC2CCN(P(=O)(N[C@@H](C)C(=O)O)Oc3ccccc3)CC2)n1. The molecule has 4 rings (SSSR count). The van der Waals surface area contributed by atoms with Gasteiger partial charge in [0.15, 0.2) is 5.69 Å². The molecule has 0 saturated carbocycles. The summed E-state index contributed by atoms with van der Waals surface area (Å²) in [6, 6.07) is 11.5. The van der Waals surface area contributed by atoms with E-state index >= 15 is 0 Å². The fourth-order valence-corrected chi connectivity index (χ4v) is 8.64. The van der Waals surface area contributed by atoms with Crippen molar-refractivity contribution in [1.29, 1.82) is 0 Å². The van der Waals surface area contributed by atoms with Gasteiger partial charge in [0.05, 0.1) is 27.5 Å². The summed E-state index contributed by atoms with van der Waals surface area (Å²) >= 11 is 12.5. The number of aliphatic carboxylic acids is 1. The van der Waals surface area contributed by atoms with Crippen molar-refractivity contribution in [3.8, 4) is 5.75 Å². The summed E-state index contributed by atoms with van der Waals surface area (Å²) in [7, 11) is -3.87. The minimum absolute atomic E-state index is 0.00831. The predicted octanol–water partition coefficient (Wildman–Crippen LogP) is 8.45. The zero-order valence-electron chi connectivity index (χ0n) is 30.2. The summed E-state index contributed by atoms with van der Waals surface area (Å²) in [5.41, 5.74) is -0.148. The maximum atomic E-state index is 14.1. The molecule has 1 aliphatic rings. The van der Waals surface area contributed by atoms with E-state index in [-0.39, 0.29) is 52.4 Å². The number of halogens is 2. The lowest BCUT2D eigenvalue weighted by atomic mass is 10.1. The van der Waals surface area contributed by atoms with Gasteiger partial charge in [-0.15, -0.1) is 0 Å². The Hall–Kier alpha value is -3.74. The Labute approximate surface area is 320 Å². The first kappa shape index (κ1) is 42.0. The number of carbonyl (C=O) groups is 4. The van der Waals surface area contributed by atoms with Crippen molar-refractivity contribution in [1.82, 2.24) is 24.9 Å². The Morgan fingerprint density at radius 1 is 0.906 bits per heavy atom. The summed E-state index contributed by atoms with van der Waals surface area (Å²) in [6.07, 6.45) is 12.1. The maximum absolute atomic E-state index is 14.1. The molecule has 1 aliphatic heterocycles. The number of para-hydroxylation sites is 1. The van der Waals surface area contributed by atoms with E-state index in [0.29, 0.717) is 25.0 Å². The van der Waals surface area contributed by atoms with Crippen LogP contribution in [0.4, 0.5) is 5.69 Å². The van der Waals surface area contributed by atoms with Crippen LogP contribution in [0.3, 0.4) is 0 Å². The van der Waals surface area contributed by atoms with E-state index < -0.39 is 37.5 Å². The minimum Gasteiger partial charge on any atom is -0.480 e. The highest BCUT2D eigenvalue weighted by atomic mass is 35.5. The maximum Gasteiger partial charge on any atom is 0.393 e. The topological polar surface area (TPSA) is 172 Å². The first-order valence-electron chi connectivity index (χ1n) is 18.2. The van der Waals surface area contributed by atoms with Crippen LogP contribution >= 0.6 is 30.9 Å². The highest BCUT2D eigenvalue weighted by molar-refractivity contribution is 7.54. The molecule has 0 aliphatic carbocycles. The lowest BCUT2D eigenvalue weighted by Crippen LogP contribution is -2.47. The number of carboxylic acids is 1. The monoisotopic (exact) mass is 790 g/mol. The van der Waals surface area contributed by atoms with E-state index in [2.05, 4.69) is 27.7 Å². The molecule has 1 fully saturated rings. The second kappa shape index (κ2) is 20.6. The van der Waals surface area contributed by atoms with Crippen molar-refractivity contribution in [2.45, 2.75) is 103 Å². The number of hydrogen-bond acceptors (Lipinski definition) is 7. The molecule has 4 N–H and O–H groups in total. The fraction of sp³-hybridized carbons (Fsp3) is 0.486. The van der Waals surface area contributed by atoms with Gasteiger partial charge in [0.25, 0.3) is 11.8 Å². The van der Waals surface area contributed by atoms with Gasteiger partial charge in [-0.25, -0.2) is 19.0 Å². The van der Waals surface area contributed by atoms with E-state index in [1.165, 1.54) is 57.4 Å². The standard InChI is InChI=1S/C37H49Cl2N6O7P/c1-3-4-5-6-7-8-9-10-14-20-32(46)45-25-31(41-35(47)33-29(38)18-15-19-30(33)39)34(42-45)36(48)40-27-21-23-44(24-22-27)53(51,43-26(2)37(49)50)52-28-16-12-11-13-17-28/h11-13,15-19,25-27H,3-10,14,20-24H2,1-2H3,(H,40,48)(H,41,47)(H,43,51)(H,49,50)/t26-,53?/m0/s1. The van der Waals surface area contributed by atoms with Crippen LogP contribution in [0.1, 0.15) is 117 Å². The van der Waals surface area contributed by atoms with Crippen molar-refractivity contribution in [3.63, 3.8) is 0 Å². The van der Waals surface area contributed by atoms with Gasteiger partial charge < -0.3 is 20.3 Å². The van der Waals surface area contributed by atoms with E-state index in [1.807, 2.05) is 0 Å². The number of amides is 2. The van der Waals surface area contributed by atoms with Crippen LogP contribution in [0.5, 0.6) is 5.75 Å². The van der Waals surface area contributed by atoms with Crippen molar-refractivity contribution >= 4 is 60.3 Å². The molecule has 13 nitrogen and oxygen atoms in total. The summed E-state index contributed by atoms with van der Waals surface area (Å²) in [5, 5.41) is 22.3. The van der Waals surface area contributed by atoms with E-state index in [4.69, 9.17) is 27.7 Å². The van der Waals surface area contributed by atoms with Crippen LogP contribution in [-0.4, -0.2) is 68.4 Å². The largest absolute Gasteiger partial charge is 0.480 e. The molecule has 0 spiro atoms.